The highest BCUT2D eigenvalue weighted by atomic mass is 19.4. The number of aromatic nitrogens is 3. The second kappa shape index (κ2) is 3.69. The SMILES string of the molecule is O=C(O)c1cnc2cc(C3CC3)nn2c1C(F)(F)F. The molecule has 1 aliphatic carbocycles. The van der Waals surface area contributed by atoms with E-state index >= 15 is 0 Å². The van der Waals surface area contributed by atoms with Crippen molar-refractivity contribution in [1.29, 1.82) is 0 Å². The first kappa shape index (κ1) is 11.9. The van der Waals surface area contributed by atoms with E-state index in [1.807, 2.05) is 0 Å². The lowest BCUT2D eigenvalue weighted by Crippen LogP contribution is -2.19. The van der Waals surface area contributed by atoms with E-state index in [9.17, 15) is 18.0 Å². The monoisotopic (exact) mass is 271 g/mol. The summed E-state index contributed by atoms with van der Waals surface area (Å²) in [6.45, 7) is 0. The molecule has 0 unspecified atom stereocenters. The van der Waals surface area contributed by atoms with Crippen molar-refractivity contribution in [3.05, 3.63) is 29.2 Å². The number of aromatic carboxylic acids is 1. The van der Waals surface area contributed by atoms with Gasteiger partial charge in [-0.2, -0.15) is 18.3 Å². The maximum Gasteiger partial charge on any atom is 0.434 e. The average molecular weight is 271 g/mol. The minimum Gasteiger partial charge on any atom is -0.478 e. The van der Waals surface area contributed by atoms with Gasteiger partial charge in [0.15, 0.2) is 11.3 Å². The van der Waals surface area contributed by atoms with Crippen LogP contribution in [0.5, 0.6) is 0 Å². The van der Waals surface area contributed by atoms with Crippen LogP contribution in [0.1, 0.15) is 40.5 Å². The first-order valence-electron chi connectivity index (χ1n) is 5.57. The zero-order valence-corrected chi connectivity index (χ0v) is 9.48. The fraction of sp³-hybridized carbons (Fsp3) is 0.364. The number of alkyl halides is 3. The third-order valence-electron chi connectivity index (χ3n) is 3.00. The normalized spacial score (nSPS) is 15.9. The van der Waals surface area contributed by atoms with Gasteiger partial charge in [-0.25, -0.2) is 14.3 Å². The summed E-state index contributed by atoms with van der Waals surface area (Å²) in [6, 6.07) is 1.47. The molecule has 1 saturated carbocycles. The van der Waals surface area contributed by atoms with Crippen LogP contribution >= 0.6 is 0 Å². The van der Waals surface area contributed by atoms with Crippen molar-refractivity contribution in [3.8, 4) is 0 Å². The van der Waals surface area contributed by atoms with Crippen molar-refractivity contribution in [2.75, 3.05) is 0 Å². The summed E-state index contributed by atoms with van der Waals surface area (Å²) in [5.74, 6) is -1.51. The van der Waals surface area contributed by atoms with Gasteiger partial charge < -0.3 is 5.11 Å². The Balaban J connectivity index is 2.30. The van der Waals surface area contributed by atoms with Crippen LogP contribution in [0.3, 0.4) is 0 Å². The van der Waals surface area contributed by atoms with Crippen molar-refractivity contribution in [2.45, 2.75) is 24.9 Å². The van der Waals surface area contributed by atoms with E-state index in [2.05, 4.69) is 10.1 Å². The maximum absolute atomic E-state index is 13.0. The molecule has 100 valence electrons. The Morgan fingerprint density at radius 1 is 1.42 bits per heavy atom. The molecule has 1 N–H and O–H groups in total. The van der Waals surface area contributed by atoms with Crippen LogP contribution < -0.4 is 0 Å². The Morgan fingerprint density at radius 2 is 2.11 bits per heavy atom. The smallest absolute Gasteiger partial charge is 0.434 e. The van der Waals surface area contributed by atoms with Crippen molar-refractivity contribution in [2.24, 2.45) is 0 Å². The third-order valence-corrected chi connectivity index (χ3v) is 3.00. The zero-order valence-electron chi connectivity index (χ0n) is 9.48. The molecule has 0 bridgehead atoms. The standard InChI is InChI=1S/C11H8F3N3O2/c12-11(13,14)9-6(10(18)19)4-15-8-3-7(5-1-2-5)16-17(8)9/h3-5H,1-2H2,(H,18,19). The molecule has 0 saturated heterocycles. The lowest BCUT2D eigenvalue weighted by atomic mass is 10.2. The van der Waals surface area contributed by atoms with Crippen LogP contribution in [-0.4, -0.2) is 25.7 Å². The second-order valence-electron chi connectivity index (χ2n) is 4.44. The van der Waals surface area contributed by atoms with Gasteiger partial charge in [0.05, 0.1) is 5.69 Å². The Kier molecular flexibility index (Phi) is 2.32. The van der Waals surface area contributed by atoms with Gasteiger partial charge in [-0.05, 0) is 12.8 Å². The van der Waals surface area contributed by atoms with Gasteiger partial charge >= 0.3 is 12.1 Å². The van der Waals surface area contributed by atoms with Crippen LogP contribution in [0.25, 0.3) is 5.65 Å². The lowest BCUT2D eigenvalue weighted by Gasteiger charge is -2.11. The number of rotatable bonds is 2. The van der Waals surface area contributed by atoms with E-state index in [4.69, 9.17) is 5.11 Å². The Bertz CT molecular complexity index is 674. The van der Waals surface area contributed by atoms with E-state index in [-0.39, 0.29) is 11.6 Å². The van der Waals surface area contributed by atoms with Gasteiger partial charge in [0, 0.05) is 18.2 Å². The topological polar surface area (TPSA) is 67.5 Å². The Labute approximate surface area is 104 Å². The number of fused-ring (bicyclic) bond motifs is 1. The molecule has 0 aromatic carbocycles. The summed E-state index contributed by atoms with van der Waals surface area (Å²) in [5.41, 5.74) is -1.65. The van der Waals surface area contributed by atoms with Crippen LogP contribution in [0, 0.1) is 0 Å². The molecule has 0 atom stereocenters. The van der Waals surface area contributed by atoms with Gasteiger partial charge in [-0.3, -0.25) is 0 Å². The van der Waals surface area contributed by atoms with Crippen molar-refractivity contribution in [3.63, 3.8) is 0 Å². The van der Waals surface area contributed by atoms with Gasteiger partial charge in [0.1, 0.15) is 5.56 Å². The maximum atomic E-state index is 13.0. The molecule has 1 aliphatic rings. The second-order valence-corrected chi connectivity index (χ2v) is 4.44. The van der Waals surface area contributed by atoms with Gasteiger partial charge in [-0.15, -0.1) is 0 Å². The van der Waals surface area contributed by atoms with E-state index < -0.39 is 23.4 Å². The number of hydrogen-bond donors (Lipinski definition) is 1. The summed E-state index contributed by atoms with van der Waals surface area (Å²) in [4.78, 5) is 14.6. The predicted octanol–water partition coefficient (Wildman–Crippen LogP) is 2.32. The number of carboxylic acids is 1. The van der Waals surface area contributed by atoms with Gasteiger partial charge in [-0.1, -0.05) is 0 Å². The summed E-state index contributed by atoms with van der Waals surface area (Å²) >= 11 is 0. The average Bonchev–Trinajstić information content (AvgIpc) is 3.05. The molecule has 0 radical (unpaired) electrons. The minimum atomic E-state index is -4.80. The first-order valence-corrected chi connectivity index (χ1v) is 5.57. The number of carboxylic acid groups (broad SMARTS) is 1. The van der Waals surface area contributed by atoms with Gasteiger partial charge in [0.2, 0.25) is 0 Å². The number of carbonyl (C=O) groups is 1. The molecule has 3 rings (SSSR count). The summed E-state index contributed by atoms with van der Waals surface area (Å²) in [5, 5.41) is 12.7. The van der Waals surface area contributed by atoms with Crippen molar-refractivity contribution >= 4 is 11.6 Å². The Hall–Kier alpha value is -2.12. The van der Waals surface area contributed by atoms with E-state index in [0.717, 1.165) is 19.0 Å². The molecular formula is C11H8F3N3O2. The van der Waals surface area contributed by atoms with Crippen LogP contribution in [-0.2, 0) is 6.18 Å². The predicted molar refractivity (Wildman–Crippen MR) is 56.9 cm³/mol. The third kappa shape index (κ3) is 1.92. The zero-order chi connectivity index (χ0) is 13.8. The number of halogens is 3. The molecule has 0 amide bonds. The molecule has 2 aromatic heterocycles. The molecular weight excluding hydrogens is 263 g/mol. The molecule has 0 aliphatic heterocycles. The highest BCUT2D eigenvalue weighted by molar-refractivity contribution is 5.89. The van der Waals surface area contributed by atoms with Crippen molar-refractivity contribution in [1.82, 2.24) is 14.6 Å². The highest BCUT2D eigenvalue weighted by Gasteiger charge is 2.40. The fourth-order valence-electron chi connectivity index (χ4n) is 1.96. The van der Waals surface area contributed by atoms with Crippen LogP contribution in [0.2, 0.25) is 0 Å². The molecule has 2 heterocycles. The minimum absolute atomic E-state index is 0.0132. The molecule has 19 heavy (non-hydrogen) atoms. The number of hydrogen-bond acceptors (Lipinski definition) is 3. The lowest BCUT2D eigenvalue weighted by molar-refractivity contribution is -0.143. The largest absolute Gasteiger partial charge is 0.478 e. The first-order chi connectivity index (χ1) is 8.88. The quantitative estimate of drug-likeness (QED) is 0.910. The molecule has 8 heteroatoms. The van der Waals surface area contributed by atoms with E-state index in [1.54, 1.807) is 0 Å². The summed E-state index contributed by atoms with van der Waals surface area (Å²) < 4.78 is 39.6. The van der Waals surface area contributed by atoms with Crippen LogP contribution in [0.15, 0.2) is 12.3 Å². The molecule has 0 spiro atoms. The molecule has 1 fully saturated rings. The summed E-state index contributed by atoms with van der Waals surface area (Å²) in [6.07, 6.45) is -2.31. The van der Waals surface area contributed by atoms with Gasteiger partial charge in [0.25, 0.3) is 0 Å². The Morgan fingerprint density at radius 3 is 2.63 bits per heavy atom. The van der Waals surface area contributed by atoms with Crippen molar-refractivity contribution < 1.29 is 23.1 Å². The number of nitrogens with zero attached hydrogens (tertiary/aromatic N) is 3. The van der Waals surface area contributed by atoms with E-state index in [1.165, 1.54) is 6.07 Å². The highest BCUT2D eigenvalue weighted by Crippen LogP contribution is 2.40. The van der Waals surface area contributed by atoms with Crippen LogP contribution in [0.4, 0.5) is 13.2 Å². The molecule has 2 aromatic rings. The van der Waals surface area contributed by atoms with E-state index in [0.29, 0.717) is 10.2 Å². The fourth-order valence-corrected chi connectivity index (χ4v) is 1.96. The molecule has 5 nitrogen and oxygen atoms in total. The summed E-state index contributed by atoms with van der Waals surface area (Å²) in [7, 11) is 0.